The van der Waals surface area contributed by atoms with Crippen molar-refractivity contribution in [3.8, 4) is 11.4 Å². The summed E-state index contributed by atoms with van der Waals surface area (Å²) in [5.74, 6) is -0.0122. The lowest BCUT2D eigenvalue weighted by atomic mass is 9.80. The van der Waals surface area contributed by atoms with Crippen LogP contribution in [0.25, 0.3) is 11.4 Å². The topological polar surface area (TPSA) is 175 Å². The summed E-state index contributed by atoms with van der Waals surface area (Å²) >= 11 is 0. The maximum Gasteiger partial charge on any atom is 0.240 e. The molecule has 1 heterocycles. The molecule has 26 heavy (non-hydrogen) atoms. The molecule has 3 rings (SSSR count). The first-order chi connectivity index (χ1) is 12.1. The Morgan fingerprint density at radius 3 is 2.27 bits per heavy atom. The molecule has 0 bridgehead atoms. The maximum atomic E-state index is 12.3. The van der Waals surface area contributed by atoms with E-state index in [1.54, 1.807) is 6.07 Å². The van der Waals surface area contributed by atoms with Crippen LogP contribution in [-0.2, 0) is 19.9 Å². The van der Waals surface area contributed by atoms with E-state index in [1.807, 2.05) is 0 Å². The zero-order valence-corrected chi connectivity index (χ0v) is 15.7. The monoisotopic (exact) mass is 400 g/mol. The minimum absolute atomic E-state index is 0.00240. The van der Waals surface area contributed by atoms with Crippen molar-refractivity contribution in [2.45, 2.75) is 47.4 Å². The van der Waals surface area contributed by atoms with Crippen LogP contribution in [0.5, 0.6) is 0 Å². The van der Waals surface area contributed by atoms with Gasteiger partial charge in [0.15, 0.2) is 9.84 Å². The number of hydrogen-bond donors (Lipinski definition) is 3. The standard InChI is InChI=1S/C14H20N6O4S2/c1-25(21,22)11-7-6-10(8-2-4-9(15)5-3-8)12(13(11)26(16,23)24)14-17-19-20-18-14/h6-9H,2-5,15H2,1H3,(H2,16,23,24)(H,17,18,19,20). The molecule has 1 fully saturated rings. The molecular formula is C14H20N6O4S2. The van der Waals surface area contributed by atoms with Crippen LogP contribution in [0.15, 0.2) is 21.9 Å². The van der Waals surface area contributed by atoms with Crippen LogP contribution >= 0.6 is 0 Å². The lowest BCUT2D eigenvalue weighted by Crippen LogP contribution is -2.26. The molecule has 0 amide bonds. The van der Waals surface area contributed by atoms with Gasteiger partial charge in [0.2, 0.25) is 15.8 Å². The average Bonchev–Trinajstić information content (AvgIpc) is 3.06. The van der Waals surface area contributed by atoms with E-state index in [2.05, 4.69) is 20.6 Å². The van der Waals surface area contributed by atoms with Crippen molar-refractivity contribution < 1.29 is 16.8 Å². The van der Waals surface area contributed by atoms with E-state index < -0.39 is 24.8 Å². The number of aromatic amines is 1. The molecule has 0 saturated heterocycles. The highest BCUT2D eigenvalue weighted by Gasteiger charge is 2.32. The van der Waals surface area contributed by atoms with Crippen molar-refractivity contribution in [3.05, 3.63) is 17.7 Å². The molecular weight excluding hydrogens is 380 g/mol. The Morgan fingerprint density at radius 2 is 1.77 bits per heavy atom. The van der Waals surface area contributed by atoms with Gasteiger partial charge < -0.3 is 5.73 Å². The van der Waals surface area contributed by atoms with Crippen molar-refractivity contribution in [2.24, 2.45) is 10.9 Å². The summed E-state index contributed by atoms with van der Waals surface area (Å²) < 4.78 is 48.9. The predicted molar refractivity (Wildman–Crippen MR) is 93.3 cm³/mol. The Kier molecular flexibility index (Phi) is 4.86. The molecule has 1 aliphatic rings. The Hall–Kier alpha value is -1.89. The lowest BCUT2D eigenvalue weighted by Gasteiger charge is -2.28. The number of nitrogens with two attached hydrogens (primary N) is 2. The second kappa shape index (κ2) is 6.68. The summed E-state index contributed by atoms with van der Waals surface area (Å²) in [5, 5.41) is 18.9. The van der Waals surface area contributed by atoms with E-state index in [0.29, 0.717) is 5.56 Å². The molecule has 142 valence electrons. The summed E-state index contributed by atoms with van der Waals surface area (Å²) in [6, 6.07) is 2.99. The Balaban J connectivity index is 2.33. The number of H-pyrrole nitrogens is 1. The highest BCUT2D eigenvalue weighted by molar-refractivity contribution is 7.93. The average molecular weight is 400 g/mol. The molecule has 12 heteroatoms. The highest BCUT2D eigenvalue weighted by atomic mass is 32.2. The first kappa shape index (κ1) is 18.9. The quantitative estimate of drug-likeness (QED) is 0.637. The fourth-order valence-electron chi connectivity index (χ4n) is 3.42. The van der Waals surface area contributed by atoms with Gasteiger partial charge in [-0.1, -0.05) is 6.07 Å². The molecule has 0 unspecified atom stereocenters. The van der Waals surface area contributed by atoms with Crippen LogP contribution in [0.3, 0.4) is 0 Å². The normalized spacial score (nSPS) is 21.7. The van der Waals surface area contributed by atoms with Crippen LogP contribution in [-0.4, -0.2) is 49.8 Å². The van der Waals surface area contributed by atoms with Gasteiger partial charge in [0.1, 0.15) is 4.90 Å². The van der Waals surface area contributed by atoms with E-state index in [-0.39, 0.29) is 28.2 Å². The molecule has 1 aromatic carbocycles. The third-order valence-corrected chi connectivity index (χ3v) is 6.88. The molecule has 1 saturated carbocycles. The Morgan fingerprint density at radius 1 is 1.12 bits per heavy atom. The molecule has 0 radical (unpaired) electrons. The van der Waals surface area contributed by atoms with Crippen LogP contribution < -0.4 is 10.9 Å². The maximum absolute atomic E-state index is 12.3. The van der Waals surface area contributed by atoms with Gasteiger partial charge in [0.05, 0.1) is 4.90 Å². The van der Waals surface area contributed by atoms with E-state index in [9.17, 15) is 16.8 Å². The molecule has 0 spiro atoms. The number of sulfonamides is 1. The molecule has 0 atom stereocenters. The van der Waals surface area contributed by atoms with Gasteiger partial charge in [0.25, 0.3) is 0 Å². The fraction of sp³-hybridized carbons (Fsp3) is 0.500. The number of sulfone groups is 1. The zero-order valence-electron chi connectivity index (χ0n) is 14.1. The third kappa shape index (κ3) is 3.63. The SMILES string of the molecule is CS(=O)(=O)c1ccc(C2CCC(N)CC2)c(-c2nn[nH]n2)c1S(N)(=O)=O. The predicted octanol–water partition coefficient (Wildman–Crippen LogP) is -0.0975. The van der Waals surface area contributed by atoms with Gasteiger partial charge in [-0.15, -0.1) is 10.2 Å². The minimum atomic E-state index is -4.37. The Bertz CT molecular complexity index is 1010. The lowest BCUT2D eigenvalue weighted by molar-refractivity contribution is 0.395. The first-order valence-corrected chi connectivity index (χ1v) is 11.4. The van der Waals surface area contributed by atoms with Crippen molar-refractivity contribution in [1.29, 1.82) is 0 Å². The van der Waals surface area contributed by atoms with Crippen LogP contribution in [0.2, 0.25) is 0 Å². The second-order valence-electron chi connectivity index (χ2n) is 6.52. The summed E-state index contributed by atoms with van der Waals surface area (Å²) in [6.45, 7) is 0. The summed E-state index contributed by atoms with van der Waals surface area (Å²) in [7, 11) is -8.22. The van der Waals surface area contributed by atoms with E-state index in [4.69, 9.17) is 10.9 Å². The van der Waals surface area contributed by atoms with Gasteiger partial charge >= 0.3 is 0 Å². The van der Waals surface area contributed by atoms with Gasteiger partial charge in [0, 0.05) is 17.9 Å². The highest BCUT2D eigenvalue weighted by Crippen LogP contribution is 2.41. The number of hydrogen-bond acceptors (Lipinski definition) is 8. The number of rotatable bonds is 4. The Labute approximate surface area is 151 Å². The first-order valence-electron chi connectivity index (χ1n) is 7.98. The molecule has 0 aliphatic heterocycles. The summed E-state index contributed by atoms with van der Waals surface area (Å²) in [4.78, 5) is -0.871. The second-order valence-corrected chi connectivity index (χ2v) is 10.0. The number of aromatic nitrogens is 4. The smallest absolute Gasteiger partial charge is 0.240 e. The number of benzene rings is 1. The number of tetrazole rings is 1. The number of nitrogens with one attached hydrogen (secondary N) is 1. The van der Waals surface area contributed by atoms with Gasteiger partial charge in [-0.2, -0.15) is 5.21 Å². The number of nitrogens with zero attached hydrogens (tertiary/aromatic N) is 3. The molecule has 2 aromatic rings. The summed E-state index contributed by atoms with van der Waals surface area (Å²) in [6.07, 6.45) is 3.99. The molecule has 1 aliphatic carbocycles. The third-order valence-electron chi connectivity index (χ3n) is 4.62. The van der Waals surface area contributed by atoms with Crippen LogP contribution in [0, 0.1) is 0 Å². The molecule has 1 aromatic heterocycles. The molecule has 5 N–H and O–H groups in total. The summed E-state index contributed by atoms with van der Waals surface area (Å²) in [5.41, 5.74) is 6.67. The van der Waals surface area contributed by atoms with Crippen molar-refractivity contribution in [1.82, 2.24) is 20.6 Å². The van der Waals surface area contributed by atoms with E-state index in [0.717, 1.165) is 31.9 Å². The van der Waals surface area contributed by atoms with Crippen molar-refractivity contribution in [3.63, 3.8) is 0 Å². The van der Waals surface area contributed by atoms with Gasteiger partial charge in [-0.3, -0.25) is 0 Å². The number of primary sulfonamides is 1. The van der Waals surface area contributed by atoms with Crippen LogP contribution in [0.4, 0.5) is 0 Å². The van der Waals surface area contributed by atoms with Crippen molar-refractivity contribution in [2.75, 3.05) is 6.26 Å². The van der Waals surface area contributed by atoms with E-state index in [1.165, 1.54) is 6.07 Å². The van der Waals surface area contributed by atoms with Gasteiger partial charge in [-0.25, -0.2) is 22.0 Å². The van der Waals surface area contributed by atoms with E-state index >= 15 is 0 Å². The zero-order chi connectivity index (χ0) is 19.1. The minimum Gasteiger partial charge on any atom is -0.328 e. The van der Waals surface area contributed by atoms with Gasteiger partial charge in [-0.05, 0) is 48.4 Å². The van der Waals surface area contributed by atoms with Crippen molar-refractivity contribution >= 4 is 19.9 Å². The van der Waals surface area contributed by atoms with Crippen LogP contribution in [0.1, 0.15) is 37.2 Å². The largest absolute Gasteiger partial charge is 0.328 e. The molecule has 10 nitrogen and oxygen atoms in total. The fourth-order valence-corrected chi connectivity index (χ4v) is 5.82.